The normalized spacial score (nSPS) is 32.6. The third kappa shape index (κ3) is 7.16. The summed E-state index contributed by atoms with van der Waals surface area (Å²) in [4.78, 5) is 0. The van der Waals surface area contributed by atoms with Gasteiger partial charge in [-0.05, 0) is 0 Å². The van der Waals surface area contributed by atoms with Crippen molar-refractivity contribution in [3.05, 3.63) is 0 Å². The van der Waals surface area contributed by atoms with Crippen LogP contribution in [0.3, 0.4) is 0 Å². The number of hydrogen-bond donors (Lipinski definition) is 5. The van der Waals surface area contributed by atoms with E-state index in [1.165, 1.54) is 0 Å². The summed E-state index contributed by atoms with van der Waals surface area (Å²) in [6, 6.07) is -1.82. The number of rotatable bonds is 7. The summed E-state index contributed by atoms with van der Waals surface area (Å²) in [5.74, 6) is 0. The number of aliphatic hydroxyl groups excluding tert-OH is 1. The molecule has 1 aliphatic rings. The molecule has 1 saturated heterocycles. The van der Waals surface area contributed by atoms with Gasteiger partial charge in [-0.1, -0.05) is 0 Å². The maximum Gasteiger partial charge on any atom is 0.397 e. The van der Waals surface area contributed by atoms with E-state index in [0.29, 0.717) is 0 Å². The Morgan fingerprint density at radius 2 is 1.33 bits per heavy atom. The standard InChI is InChI=1S/C6H13NO14S3/c7-3-5(21-24(15,16)17)4(20-23(12,13)14)2(19-6(3)8)1-18-22(9,10)11/h2-6,8H,1,7H2,(H,9,10,11)(H,12,13,14)(H,15,16,17)/t2-,3-,4-,5-,6+/m1/s1. The molecule has 18 heteroatoms. The van der Waals surface area contributed by atoms with E-state index in [1.807, 2.05) is 0 Å². The number of nitrogens with two attached hydrogens (primary N) is 1. The molecule has 144 valence electrons. The van der Waals surface area contributed by atoms with Gasteiger partial charge in [0, 0.05) is 0 Å². The van der Waals surface area contributed by atoms with Crippen LogP contribution in [0.1, 0.15) is 0 Å². The lowest BCUT2D eigenvalue weighted by molar-refractivity contribution is -0.237. The van der Waals surface area contributed by atoms with E-state index in [-0.39, 0.29) is 0 Å². The number of hydrogen-bond acceptors (Lipinski definition) is 12. The predicted molar refractivity (Wildman–Crippen MR) is 69.2 cm³/mol. The molecule has 1 heterocycles. The smallest absolute Gasteiger partial charge is 0.367 e. The van der Waals surface area contributed by atoms with Gasteiger partial charge in [0.2, 0.25) is 0 Å². The molecular weight excluding hydrogens is 406 g/mol. The lowest BCUT2D eigenvalue weighted by Crippen LogP contribution is -2.64. The van der Waals surface area contributed by atoms with Gasteiger partial charge in [0.25, 0.3) is 0 Å². The molecule has 0 amide bonds. The van der Waals surface area contributed by atoms with Crippen LogP contribution >= 0.6 is 0 Å². The maximum absolute atomic E-state index is 10.8. The zero-order chi connectivity index (χ0) is 18.9. The predicted octanol–water partition coefficient (Wildman–Crippen LogP) is -3.77. The van der Waals surface area contributed by atoms with Crippen LogP contribution in [0.5, 0.6) is 0 Å². The van der Waals surface area contributed by atoms with Gasteiger partial charge < -0.3 is 15.6 Å². The SMILES string of the molecule is N[C@@H]1[C@@H](OS(=O)(=O)O)[C@H](OS(=O)(=O)O)[C@@H](COS(=O)(=O)O)O[C@@H]1O. The van der Waals surface area contributed by atoms with E-state index < -0.39 is 68.4 Å². The number of ether oxygens (including phenoxy) is 1. The Morgan fingerprint density at radius 3 is 1.75 bits per heavy atom. The molecule has 15 nitrogen and oxygen atoms in total. The van der Waals surface area contributed by atoms with Crippen LogP contribution in [0.15, 0.2) is 0 Å². The topological polar surface area (TPSA) is 246 Å². The third-order valence-electron chi connectivity index (χ3n) is 2.56. The summed E-state index contributed by atoms with van der Waals surface area (Å²) in [7, 11) is -15.6. The van der Waals surface area contributed by atoms with Crippen molar-refractivity contribution in [3.63, 3.8) is 0 Å². The van der Waals surface area contributed by atoms with Crippen LogP contribution in [0.2, 0.25) is 0 Å². The van der Waals surface area contributed by atoms with E-state index in [9.17, 15) is 30.4 Å². The Hall–Kier alpha value is -0.510. The highest BCUT2D eigenvalue weighted by Crippen LogP contribution is 2.26. The van der Waals surface area contributed by atoms with Crippen molar-refractivity contribution in [1.82, 2.24) is 0 Å². The zero-order valence-electron chi connectivity index (χ0n) is 11.3. The summed E-state index contributed by atoms with van der Waals surface area (Å²) in [5.41, 5.74) is 5.34. The molecular formula is C6H13NO14S3. The van der Waals surface area contributed by atoms with Gasteiger partial charge in [0.05, 0.1) is 12.6 Å². The lowest BCUT2D eigenvalue weighted by Gasteiger charge is -2.41. The quantitative estimate of drug-likeness (QED) is 0.248. The van der Waals surface area contributed by atoms with E-state index in [1.54, 1.807) is 0 Å². The highest BCUT2D eigenvalue weighted by Gasteiger charge is 2.49. The molecule has 1 rings (SSSR count). The Bertz CT molecular complexity index is 741. The van der Waals surface area contributed by atoms with E-state index in [0.717, 1.165) is 0 Å². The fraction of sp³-hybridized carbons (Fsp3) is 1.00. The Labute approximate surface area is 136 Å². The minimum atomic E-state index is -5.28. The van der Waals surface area contributed by atoms with Gasteiger partial charge in [-0.15, -0.1) is 0 Å². The molecule has 6 N–H and O–H groups in total. The average molecular weight is 419 g/mol. The molecule has 5 atom stereocenters. The zero-order valence-corrected chi connectivity index (χ0v) is 13.7. The van der Waals surface area contributed by atoms with Crippen molar-refractivity contribution in [2.24, 2.45) is 5.73 Å². The monoisotopic (exact) mass is 419 g/mol. The Balaban J connectivity index is 3.18. The van der Waals surface area contributed by atoms with Crippen LogP contribution in [0, 0.1) is 0 Å². The molecule has 0 bridgehead atoms. The van der Waals surface area contributed by atoms with Crippen LogP contribution in [0.4, 0.5) is 0 Å². The van der Waals surface area contributed by atoms with Crippen molar-refractivity contribution < 1.29 is 61.3 Å². The van der Waals surface area contributed by atoms with Crippen molar-refractivity contribution in [3.8, 4) is 0 Å². The van der Waals surface area contributed by atoms with Gasteiger partial charge in [-0.2, -0.15) is 25.3 Å². The molecule has 0 unspecified atom stereocenters. The van der Waals surface area contributed by atoms with Crippen molar-refractivity contribution in [2.45, 2.75) is 30.6 Å². The molecule has 1 aliphatic heterocycles. The second-order valence-corrected chi connectivity index (χ2v) is 7.52. The van der Waals surface area contributed by atoms with Crippen LogP contribution < -0.4 is 5.73 Å². The second kappa shape index (κ2) is 7.39. The van der Waals surface area contributed by atoms with Gasteiger partial charge in [-0.25, -0.2) is 12.5 Å². The molecule has 0 aromatic heterocycles. The summed E-state index contributed by atoms with van der Waals surface area (Å²) in [5, 5.41) is 9.52. The molecule has 0 aliphatic carbocycles. The third-order valence-corrected chi connectivity index (χ3v) is 3.92. The molecule has 24 heavy (non-hydrogen) atoms. The van der Waals surface area contributed by atoms with Gasteiger partial charge in [0.1, 0.15) is 18.3 Å². The molecule has 1 fully saturated rings. The van der Waals surface area contributed by atoms with Gasteiger partial charge >= 0.3 is 31.2 Å². The highest BCUT2D eigenvalue weighted by atomic mass is 32.3. The minimum absolute atomic E-state index is 1.20. The first-order valence-electron chi connectivity index (χ1n) is 5.61. The van der Waals surface area contributed by atoms with Gasteiger partial charge in [0.15, 0.2) is 6.29 Å². The summed E-state index contributed by atoms with van der Waals surface area (Å²) >= 11 is 0. The lowest BCUT2D eigenvalue weighted by atomic mass is 9.98. The summed E-state index contributed by atoms with van der Waals surface area (Å²) in [6.07, 6.45) is -8.31. The largest absolute Gasteiger partial charge is 0.397 e. The van der Waals surface area contributed by atoms with Crippen molar-refractivity contribution >= 4 is 31.2 Å². The molecule has 0 spiro atoms. The highest BCUT2D eigenvalue weighted by molar-refractivity contribution is 7.81. The van der Waals surface area contributed by atoms with E-state index >= 15 is 0 Å². The fourth-order valence-corrected chi connectivity index (χ4v) is 3.08. The second-order valence-electron chi connectivity index (χ2n) is 4.33. The van der Waals surface area contributed by atoms with E-state index in [4.69, 9.17) is 19.4 Å². The molecule has 0 aromatic rings. The van der Waals surface area contributed by atoms with E-state index in [2.05, 4.69) is 17.3 Å². The first-order chi connectivity index (χ1) is 10.6. The van der Waals surface area contributed by atoms with Crippen molar-refractivity contribution in [2.75, 3.05) is 6.61 Å². The Kier molecular flexibility index (Phi) is 6.63. The van der Waals surface area contributed by atoms with Gasteiger partial charge in [-0.3, -0.25) is 13.7 Å². The first-order valence-corrected chi connectivity index (χ1v) is 9.71. The average Bonchev–Trinajstić information content (AvgIpc) is 2.32. The number of aliphatic hydroxyl groups is 1. The Morgan fingerprint density at radius 1 is 0.875 bits per heavy atom. The van der Waals surface area contributed by atoms with Crippen LogP contribution in [0.25, 0.3) is 0 Å². The summed E-state index contributed by atoms with van der Waals surface area (Å²) in [6.45, 7) is -1.20. The van der Waals surface area contributed by atoms with Crippen LogP contribution in [-0.2, 0) is 48.5 Å². The maximum atomic E-state index is 10.8. The summed E-state index contributed by atoms with van der Waals surface area (Å²) < 4.78 is 107. The molecule has 0 radical (unpaired) electrons. The fourth-order valence-electron chi connectivity index (χ4n) is 1.74. The molecule has 0 saturated carbocycles. The molecule has 0 aromatic carbocycles. The minimum Gasteiger partial charge on any atom is -0.367 e. The van der Waals surface area contributed by atoms with Crippen molar-refractivity contribution in [1.29, 1.82) is 0 Å². The first kappa shape index (κ1) is 21.5. The van der Waals surface area contributed by atoms with Crippen LogP contribution in [-0.4, -0.2) is 81.3 Å².